The molecule has 0 spiro atoms. The van der Waals surface area contributed by atoms with Crippen LogP contribution in [0.15, 0.2) is 41.2 Å². The standard InChI is InChI=1S/C31H37N5O9/c1-35(2)17-11-16(34-12-13-6-7-19(45-5)18(37)8-13)24(38)22-15(17)9-14-10-20-30(44,26(40)21(14)25(22)39)27(41)23(29(32)43)28(42)31(20,33)36(3)4/h6-8,11,14,20,34,37-39,42,44H,9-10,12,33H2,1-5H3,(H2,32,43). The van der Waals surface area contributed by atoms with Gasteiger partial charge in [-0.2, -0.15) is 0 Å². The summed E-state index contributed by atoms with van der Waals surface area (Å²) in [5, 5.41) is 59.3. The van der Waals surface area contributed by atoms with Crippen molar-refractivity contribution in [1.29, 1.82) is 0 Å². The van der Waals surface area contributed by atoms with Gasteiger partial charge >= 0.3 is 0 Å². The van der Waals surface area contributed by atoms with Crippen LogP contribution in [0.2, 0.25) is 0 Å². The summed E-state index contributed by atoms with van der Waals surface area (Å²) in [6.07, 6.45) is -0.0439. The highest BCUT2D eigenvalue weighted by Crippen LogP contribution is 2.55. The number of nitrogens with zero attached hydrogens (tertiary/aromatic N) is 2. The second-order valence-electron chi connectivity index (χ2n) is 12.1. The Morgan fingerprint density at radius 1 is 1.09 bits per heavy atom. The number of aromatic hydroxyl groups is 2. The molecule has 240 valence electrons. The van der Waals surface area contributed by atoms with E-state index in [0.29, 0.717) is 22.6 Å². The van der Waals surface area contributed by atoms with E-state index >= 15 is 0 Å². The maximum Gasteiger partial charge on any atom is 0.256 e. The second kappa shape index (κ2) is 10.7. The summed E-state index contributed by atoms with van der Waals surface area (Å²) < 4.78 is 5.08. The fourth-order valence-corrected chi connectivity index (χ4v) is 6.90. The lowest BCUT2D eigenvalue weighted by Gasteiger charge is -2.54. The van der Waals surface area contributed by atoms with E-state index in [0.717, 1.165) is 0 Å². The number of aliphatic hydroxyl groups excluding tert-OH is 2. The van der Waals surface area contributed by atoms with Gasteiger partial charge in [-0.25, -0.2) is 0 Å². The number of carbonyl (C=O) groups excluding carboxylic acids is 3. The molecular weight excluding hydrogens is 586 g/mol. The fourth-order valence-electron chi connectivity index (χ4n) is 6.90. The van der Waals surface area contributed by atoms with Crippen molar-refractivity contribution in [1.82, 2.24) is 4.90 Å². The molecule has 4 atom stereocenters. The Hall–Kier alpha value is -4.79. The maximum atomic E-state index is 14.2. The number of hydrogen-bond donors (Lipinski definition) is 8. The number of benzene rings is 2. The van der Waals surface area contributed by atoms with E-state index in [-0.39, 0.29) is 47.7 Å². The van der Waals surface area contributed by atoms with Crippen LogP contribution in [0, 0.1) is 11.8 Å². The van der Waals surface area contributed by atoms with E-state index in [4.69, 9.17) is 16.2 Å². The highest BCUT2D eigenvalue weighted by atomic mass is 16.5. The fraction of sp³-hybridized carbons (Fsp3) is 0.387. The Labute approximate surface area is 258 Å². The molecule has 5 rings (SSSR count). The number of Topliss-reactive ketones (excluding diaryl/α,β-unsaturated/α-hetero) is 2. The third kappa shape index (κ3) is 4.39. The molecule has 2 aromatic carbocycles. The number of likely N-dealkylation sites (N-methyl/N-ethyl adjacent to an activating group) is 1. The van der Waals surface area contributed by atoms with Gasteiger partial charge in [0.15, 0.2) is 17.1 Å². The summed E-state index contributed by atoms with van der Waals surface area (Å²) in [7, 11) is 7.88. The molecule has 0 radical (unpaired) electrons. The smallest absolute Gasteiger partial charge is 0.256 e. The molecule has 45 heavy (non-hydrogen) atoms. The average molecular weight is 624 g/mol. The van der Waals surface area contributed by atoms with E-state index in [1.165, 1.54) is 32.2 Å². The van der Waals surface area contributed by atoms with Crippen molar-refractivity contribution in [2.24, 2.45) is 23.3 Å². The minimum atomic E-state index is -2.95. The summed E-state index contributed by atoms with van der Waals surface area (Å²) in [5.74, 6) is -7.85. The number of fused-ring (bicyclic) bond motifs is 3. The number of rotatable bonds is 7. The number of nitrogens with one attached hydrogen (secondary N) is 1. The molecular formula is C31H37N5O9. The molecule has 0 saturated heterocycles. The van der Waals surface area contributed by atoms with Gasteiger partial charge in [0.2, 0.25) is 11.6 Å². The number of anilines is 2. The van der Waals surface area contributed by atoms with Crippen LogP contribution in [0.1, 0.15) is 23.1 Å². The van der Waals surface area contributed by atoms with Crippen molar-refractivity contribution in [3.05, 3.63) is 57.9 Å². The zero-order chi connectivity index (χ0) is 33.3. The van der Waals surface area contributed by atoms with Crippen molar-refractivity contribution in [2.45, 2.75) is 30.7 Å². The van der Waals surface area contributed by atoms with Gasteiger partial charge in [-0.3, -0.25) is 19.3 Å². The molecule has 0 aliphatic heterocycles. The predicted octanol–water partition coefficient (Wildman–Crippen LogP) is 0.643. The molecule has 10 N–H and O–H groups in total. The van der Waals surface area contributed by atoms with Gasteiger partial charge in [-0.05, 0) is 62.2 Å². The summed E-state index contributed by atoms with van der Waals surface area (Å²) in [4.78, 5) is 43.1. The van der Waals surface area contributed by atoms with Gasteiger partial charge in [-0.15, -0.1) is 0 Å². The normalized spacial score (nSPS) is 26.0. The number of nitrogens with two attached hydrogens (primary N) is 2. The van der Waals surface area contributed by atoms with Gasteiger partial charge in [-0.1, -0.05) is 6.07 Å². The van der Waals surface area contributed by atoms with Crippen LogP contribution in [0.5, 0.6) is 17.2 Å². The number of primary amides is 1. The lowest BCUT2D eigenvalue weighted by molar-refractivity contribution is -0.168. The minimum Gasteiger partial charge on any atom is -0.508 e. The monoisotopic (exact) mass is 623 g/mol. The van der Waals surface area contributed by atoms with Crippen LogP contribution in [-0.2, 0) is 27.3 Å². The highest BCUT2D eigenvalue weighted by Gasteiger charge is 2.69. The molecule has 2 aromatic rings. The molecule has 4 unspecified atom stereocenters. The number of ketones is 2. The quantitative estimate of drug-likeness (QED) is 0.0917. The number of aliphatic hydroxyl groups is 3. The molecule has 14 heteroatoms. The van der Waals surface area contributed by atoms with E-state index < -0.39 is 57.7 Å². The summed E-state index contributed by atoms with van der Waals surface area (Å²) in [6, 6.07) is 6.48. The SMILES string of the molecule is COc1ccc(CNc2cc(N(C)C)c3c(c2O)C(O)=C2C(=O)C4(O)C(=O)C(C(N)=O)=C(O)C(N)(N(C)C)C4CC2C3)cc1O. The minimum absolute atomic E-state index is 0.0636. The summed E-state index contributed by atoms with van der Waals surface area (Å²) in [6.45, 7) is 0.153. The van der Waals surface area contributed by atoms with Crippen LogP contribution < -0.4 is 26.4 Å². The van der Waals surface area contributed by atoms with E-state index in [1.807, 2.05) is 0 Å². The molecule has 0 heterocycles. The van der Waals surface area contributed by atoms with Crippen molar-refractivity contribution in [3.63, 3.8) is 0 Å². The van der Waals surface area contributed by atoms with Crippen LogP contribution >= 0.6 is 0 Å². The summed E-state index contributed by atoms with van der Waals surface area (Å²) in [5.41, 5.74) is 7.60. The summed E-state index contributed by atoms with van der Waals surface area (Å²) >= 11 is 0. The highest BCUT2D eigenvalue weighted by molar-refractivity contribution is 6.33. The Balaban J connectivity index is 1.65. The van der Waals surface area contributed by atoms with Gasteiger partial charge in [0.05, 0.1) is 18.4 Å². The molecule has 14 nitrogen and oxygen atoms in total. The first-order valence-corrected chi connectivity index (χ1v) is 14.1. The van der Waals surface area contributed by atoms with Crippen molar-refractivity contribution in [2.75, 3.05) is 45.5 Å². The number of amides is 1. The van der Waals surface area contributed by atoms with Crippen LogP contribution in [-0.4, -0.2) is 94.5 Å². The van der Waals surface area contributed by atoms with Crippen molar-refractivity contribution in [3.8, 4) is 17.2 Å². The third-order valence-corrected chi connectivity index (χ3v) is 9.27. The maximum absolute atomic E-state index is 14.2. The Morgan fingerprint density at radius 2 is 1.76 bits per heavy atom. The van der Waals surface area contributed by atoms with E-state index in [1.54, 1.807) is 37.2 Å². The van der Waals surface area contributed by atoms with E-state index in [9.17, 15) is 39.9 Å². The molecule has 0 aromatic heterocycles. The lowest BCUT2D eigenvalue weighted by Crippen LogP contribution is -2.75. The number of hydrogen-bond acceptors (Lipinski definition) is 13. The average Bonchev–Trinajstić information content (AvgIpc) is 2.96. The van der Waals surface area contributed by atoms with Gasteiger partial charge in [0.1, 0.15) is 28.5 Å². The lowest BCUT2D eigenvalue weighted by atomic mass is 9.55. The van der Waals surface area contributed by atoms with Gasteiger partial charge < -0.3 is 52.0 Å². The number of phenolic OH excluding ortho intramolecular Hbond substituents is 2. The third-order valence-electron chi connectivity index (χ3n) is 9.27. The number of carbonyl (C=O) groups is 3. The molecule has 3 aliphatic carbocycles. The van der Waals surface area contributed by atoms with Crippen LogP contribution in [0.25, 0.3) is 5.76 Å². The molecule has 3 aliphatic rings. The van der Waals surface area contributed by atoms with Crippen molar-refractivity contribution < 1.29 is 44.7 Å². The number of ether oxygens (including phenoxy) is 1. The van der Waals surface area contributed by atoms with Gasteiger partial charge in [0, 0.05) is 37.8 Å². The Kier molecular flexibility index (Phi) is 7.51. The van der Waals surface area contributed by atoms with Crippen LogP contribution in [0.3, 0.4) is 0 Å². The number of methoxy groups -OCH3 is 1. The Bertz CT molecular complexity index is 1720. The Morgan fingerprint density at radius 3 is 2.31 bits per heavy atom. The first-order chi connectivity index (χ1) is 21.0. The molecule has 1 fully saturated rings. The van der Waals surface area contributed by atoms with Crippen LogP contribution in [0.4, 0.5) is 11.4 Å². The zero-order valence-corrected chi connectivity index (χ0v) is 25.5. The topological polar surface area (TPSA) is 232 Å². The van der Waals surface area contributed by atoms with Crippen molar-refractivity contribution >= 4 is 34.6 Å². The van der Waals surface area contributed by atoms with E-state index in [2.05, 4.69) is 5.32 Å². The largest absolute Gasteiger partial charge is 0.508 e. The number of phenols is 2. The second-order valence-corrected chi connectivity index (χ2v) is 12.1. The first kappa shape index (κ1) is 31.6. The molecule has 1 saturated carbocycles. The van der Waals surface area contributed by atoms with Gasteiger partial charge in [0.25, 0.3) is 5.91 Å². The molecule has 1 amide bonds. The molecule has 0 bridgehead atoms. The predicted molar refractivity (Wildman–Crippen MR) is 164 cm³/mol. The first-order valence-electron chi connectivity index (χ1n) is 14.1. The zero-order valence-electron chi connectivity index (χ0n) is 25.5.